The topological polar surface area (TPSA) is 75.4 Å². The smallest absolute Gasteiger partial charge is 0.288 e. The molecule has 2 aromatic carbocycles. The van der Waals surface area contributed by atoms with Crippen LogP contribution in [0.15, 0.2) is 40.9 Å². The van der Waals surface area contributed by atoms with E-state index in [-0.39, 0.29) is 16.5 Å². The molecule has 0 aliphatic rings. The lowest BCUT2D eigenvalue weighted by atomic mass is 10.2. The Kier molecular flexibility index (Phi) is 4.46. The average molecular weight is 358 g/mol. The molecule has 0 fully saturated rings. The Balaban J connectivity index is 2.13. The van der Waals surface area contributed by atoms with Gasteiger partial charge in [-0.3, -0.25) is 10.1 Å². The minimum atomic E-state index is -0.535. The predicted octanol–water partition coefficient (Wildman–Crippen LogP) is 4.33. The number of nitro benzene ring substituents is 1. The molecule has 2 aromatic rings. The molecule has 104 valence electrons. The van der Waals surface area contributed by atoms with Gasteiger partial charge >= 0.3 is 0 Å². The Morgan fingerprint density at radius 1 is 1.30 bits per heavy atom. The number of phenols is 1. The molecular weight excluding hydrogens is 348 g/mol. The van der Waals surface area contributed by atoms with Crippen LogP contribution in [-0.2, 0) is 6.54 Å². The van der Waals surface area contributed by atoms with Crippen molar-refractivity contribution in [2.24, 2.45) is 0 Å². The van der Waals surface area contributed by atoms with Gasteiger partial charge in [-0.05, 0) is 30.3 Å². The number of hydrogen-bond donors (Lipinski definition) is 2. The summed E-state index contributed by atoms with van der Waals surface area (Å²) < 4.78 is 0.855. The van der Waals surface area contributed by atoms with Crippen LogP contribution in [0.2, 0.25) is 5.02 Å². The lowest BCUT2D eigenvalue weighted by Gasteiger charge is -2.09. The number of nitro groups is 1. The Bertz CT molecular complexity index is 664. The second-order valence-electron chi connectivity index (χ2n) is 4.05. The van der Waals surface area contributed by atoms with E-state index in [0.717, 1.165) is 4.47 Å². The van der Waals surface area contributed by atoms with Crippen molar-refractivity contribution in [3.05, 3.63) is 61.6 Å². The highest BCUT2D eigenvalue weighted by Gasteiger charge is 2.12. The number of anilines is 1. The van der Waals surface area contributed by atoms with Crippen LogP contribution in [0.25, 0.3) is 0 Å². The molecule has 0 radical (unpaired) electrons. The molecule has 0 aliphatic heterocycles. The van der Waals surface area contributed by atoms with E-state index >= 15 is 0 Å². The number of rotatable bonds is 4. The first-order chi connectivity index (χ1) is 9.47. The van der Waals surface area contributed by atoms with Gasteiger partial charge in [-0.25, -0.2) is 0 Å². The van der Waals surface area contributed by atoms with E-state index < -0.39 is 4.92 Å². The summed E-state index contributed by atoms with van der Waals surface area (Å²) in [4.78, 5) is 10.1. The average Bonchev–Trinajstić information content (AvgIpc) is 2.39. The molecule has 0 bridgehead atoms. The van der Waals surface area contributed by atoms with Crippen molar-refractivity contribution >= 4 is 38.9 Å². The molecule has 0 spiro atoms. The van der Waals surface area contributed by atoms with E-state index in [1.807, 2.05) is 0 Å². The summed E-state index contributed by atoms with van der Waals surface area (Å²) in [7, 11) is 0. The van der Waals surface area contributed by atoms with Crippen molar-refractivity contribution in [1.82, 2.24) is 0 Å². The second-order valence-corrected chi connectivity index (χ2v) is 5.37. The van der Waals surface area contributed by atoms with Crippen molar-refractivity contribution < 1.29 is 10.0 Å². The molecule has 0 aromatic heterocycles. The third-order valence-electron chi connectivity index (χ3n) is 2.67. The summed E-state index contributed by atoms with van der Waals surface area (Å²) in [5.41, 5.74) is 1.20. The number of phenolic OH excluding ortho intramolecular Hbond substituents is 1. The van der Waals surface area contributed by atoms with Gasteiger partial charge in [-0.2, -0.15) is 0 Å². The molecule has 5 nitrogen and oxygen atoms in total. The summed E-state index contributed by atoms with van der Waals surface area (Å²) in [5.74, 6) is 0.175. The normalized spacial score (nSPS) is 10.3. The van der Waals surface area contributed by atoms with Crippen molar-refractivity contribution in [3.63, 3.8) is 0 Å². The van der Waals surface area contributed by atoms with Crippen LogP contribution in [0.1, 0.15) is 5.56 Å². The molecule has 0 aliphatic carbocycles. The largest absolute Gasteiger partial charge is 0.508 e. The van der Waals surface area contributed by atoms with Gasteiger partial charge in [-0.1, -0.05) is 27.5 Å². The Labute approximate surface area is 128 Å². The molecule has 0 saturated heterocycles. The molecule has 0 unspecified atom stereocenters. The Morgan fingerprint density at radius 3 is 2.70 bits per heavy atom. The molecule has 0 atom stereocenters. The molecule has 2 N–H and O–H groups in total. The SMILES string of the molecule is O=[N+]([O-])c1ccc(NCc2cc(Br)ccc2O)cc1Cl. The standard InChI is InChI=1S/C13H10BrClN2O3/c14-9-1-4-13(18)8(5-9)7-16-10-2-3-12(17(19)20)11(15)6-10/h1-6,16,18H,7H2. The molecule has 2 rings (SSSR count). The Morgan fingerprint density at radius 2 is 2.05 bits per heavy atom. The van der Waals surface area contributed by atoms with Crippen molar-refractivity contribution in [2.45, 2.75) is 6.54 Å². The first kappa shape index (κ1) is 14.6. The first-order valence-corrected chi connectivity index (χ1v) is 6.79. The summed E-state index contributed by atoms with van der Waals surface area (Å²) in [5, 5.41) is 23.5. The van der Waals surface area contributed by atoms with Gasteiger partial charge in [0.05, 0.1) is 4.92 Å². The fourth-order valence-electron chi connectivity index (χ4n) is 1.66. The number of aromatic hydroxyl groups is 1. The van der Waals surface area contributed by atoms with Crippen LogP contribution in [0.4, 0.5) is 11.4 Å². The third kappa shape index (κ3) is 3.40. The lowest BCUT2D eigenvalue weighted by molar-refractivity contribution is -0.384. The highest BCUT2D eigenvalue weighted by atomic mass is 79.9. The van der Waals surface area contributed by atoms with Crippen LogP contribution in [-0.4, -0.2) is 10.0 Å². The number of nitrogens with one attached hydrogen (secondary N) is 1. The summed E-state index contributed by atoms with van der Waals surface area (Å²) >= 11 is 9.15. The molecule has 7 heteroatoms. The quantitative estimate of drug-likeness (QED) is 0.631. The molecule has 20 heavy (non-hydrogen) atoms. The summed E-state index contributed by atoms with van der Waals surface area (Å²) in [6, 6.07) is 9.50. The minimum absolute atomic E-state index is 0.0680. The number of nitrogens with zero attached hydrogens (tertiary/aromatic N) is 1. The van der Waals surface area contributed by atoms with Gasteiger partial charge in [0, 0.05) is 28.3 Å². The third-order valence-corrected chi connectivity index (χ3v) is 3.46. The fourth-order valence-corrected chi connectivity index (χ4v) is 2.32. The van der Waals surface area contributed by atoms with Crippen molar-refractivity contribution in [1.29, 1.82) is 0 Å². The van der Waals surface area contributed by atoms with Gasteiger partial charge in [0.1, 0.15) is 10.8 Å². The number of benzene rings is 2. The molecule has 0 amide bonds. The van der Waals surface area contributed by atoms with Crippen LogP contribution >= 0.6 is 27.5 Å². The fraction of sp³-hybridized carbons (Fsp3) is 0.0769. The van der Waals surface area contributed by atoms with Crippen molar-refractivity contribution in [3.8, 4) is 5.75 Å². The van der Waals surface area contributed by atoms with Crippen LogP contribution in [0.3, 0.4) is 0 Å². The van der Waals surface area contributed by atoms with Gasteiger partial charge in [0.15, 0.2) is 0 Å². The Hall–Kier alpha value is -1.79. The monoisotopic (exact) mass is 356 g/mol. The van der Waals surface area contributed by atoms with E-state index in [0.29, 0.717) is 17.8 Å². The molecule has 0 heterocycles. The van der Waals surface area contributed by atoms with Gasteiger partial charge < -0.3 is 10.4 Å². The van der Waals surface area contributed by atoms with Gasteiger partial charge in [0.2, 0.25) is 0 Å². The van der Waals surface area contributed by atoms with E-state index in [1.54, 1.807) is 24.3 Å². The lowest BCUT2D eigenvalue weighted by Crippen LogP contribution is -2.00. The van der Waals surface area contributed by atoms with E-state index in [2.05, 4.69) is 21.2 Å². The summed E-state index contributed by atoms with van der Waals surface area (Å²) in [6.45, 7) is 0.374. The first-order valence-electron chi connectivity index (χ1n) is 5.62. The molecular formula is C13H10BrClN2O3. The van der Waals surface area contributed by atoms with Gasteiger partial charge in [-0.15, -0.1) is 0 Å². The van der Waals surface area contributed by atoms with E-state index in [1.165, 1.54) is 12.1 Å². The van der Waals surface area contributed by atoms with Crippen LogP contribution < -0.4 is 5.32 Å². The maximum Gasteiger partial charge on any atom is 0.288 e. The van der Waals surface area contributed by atoms with Crippen molar-refractivity contribution in [2.75, 3.05) is 5.32 Å². The predicted molar refractivity (Wildman–Crippen MR) is 81.2 cm³/mol. The highest BCUT2D eigenvalue weighted by Crippen LogP contribution is 2.28. The van der Waals surface area contributed by atoms with Crippen LogP contribution in [0.5, 0.6) is 5.75 Å². The van der Waals surface area contributed by atoms with Gasteiger partial charge in [0.25, 0.3) is 5.69 Å². The zero-order valence-corrected chi connectivity index (χ0v) is 12.5. The number of halogens is 2. The minimum Gasteiger partial charge on any atom is -0.508 e. The maximum atomic E-state index is 10.7. The second kappa shape index (κ2) is 6.11. The zero-order valence-electron chi connectivity index (χ0n) is 10.1. The zero-order chi connectivity index (χ0) is 14.7. The molecule has 0 saturated carbocycles. The van der Waals surface area contributed by atoms with Crippen LogP contribution in [0, 0.1) is 10.1 Å². The van der Waals surface area contributed by atoms with E-state index in [4.69, 9.17) is 11.6 Å². The van der Waals surface area contributed by atoms with E-state index in [9.17, 15) is 15.2 Å². The number of hydrogen-bond acceptors (Lipinski definition) is 4. The maximum absolute atomic E-state index is 10.7. The summed E-state index contributed by atoms with van der Waals surface area (Å²) in [6.07, 6.45) is 0. The highest BCUT2D eigenvalue weighted by molar-refractivity contribution is 9.10.